The number of carbonyl (C=O) groups is 2. The van der Waals surface area contributed by atoms with Crippen molar-refractivity contribution in [2.45, 2.75) is 12.5 Å². The Morgan fingerprint density at radius 2 is 2.21 bits per heavy atom. The predicted molar refractivity (Wildman–Crippen MR) is 107 cm³/mol. The van der Waals surface area contributed by atoms with Gasteiger partial charge in [0.05, 0.1) is 23.9 Å². The van der Waals surface area contributed by atoms with Gasteiger partial charge >= 0.3 is 5.97 Å². The Kier molecular flexibility index (Phi) is 5.00. The number of esters is 1. The number of nitrogens with one attached hydrogen (secondary N) is 3. The van der Waals surface area contributed by atoms with Crippen LogP contribution < -0.4 is 5.32 Å². The van der Waals surface area contributed by atoms with Gasteiger partial charge in [-0.1, -0.05) is 6.07 Å². The molecule has 3 heterocycles. The Balaban J connectivity index is 1.66. The summed E-state index contributed by atoms with van der Waals surface area (Å²) < 4.78 is 4.81. The molecule has 4 aromatic rings. The third-order valence-electron chi connectivity index (χ3n) is 4.39. The molecule has 3 aromatic heterocycles. The van der Waals surface area contributed by atoms with E-state index >= 15 is 0 Å². The van der Waals surface area contributed by atoms with Crippen molar-refractivity contribution in [3.8, 4) is 16.5 Å². The minimum Gasteiger partial charge on any atom is -0.506 e. The fraction of sp³-hybridized carbons (Fsp3) is 0.158. The van der Waals surface area contributed by atoms with Gasteiger partial charge < -0.3 is 25.1 Å². The van der Waals surface area contributed by atoms with E-state index in [0.717, 1.165) is 4.88 Å². The van der Waals surface area contributed by atoms with Crippen molar-refractivity contribution < 1.29 is 19.4 Å². The van der Waals surface area contributed by atoms with Crippen LogP contribution in [0.1, 0.15) is 16.1 Å². The van der Waals surface area contributed by atoms with Crippen LogP contribution >= 0.6 is 11.3 Å². The van der Waals surface area contributed by atoms with E-state index in [2.05, 4.69) is 25.3 Å². The van der Waals surface area contributed by atoms with Gasteiger partial charge in [0.2, 0.25) is 0 Å². The largest absolute Gasteiger partial charge is 0.506 e. The highest BCUT2D eigenvalue weighted by Crippen LogP contribution is 2.30. The lowest BCUT2D eigenvalue weighted by Crippen LogP contribution is -2.43. The van der Waals surface area contributed by atoms with E-state index in [1.807, 2.05) is 17.5 Å². The van der Waals surface area contributed by atoms with Crippen LogP contribution in [0.3, 0.4) is 0 Å². The van der Waals surface area contributed by atoms with E-state index in [0.29, 0.717) is 22.6 Å². The van der Waals surface area contributed by atoms with Gasteiger partial charge in [-0.2, -0.15) is 0 Å². The molecular formula is C19H17N5O4S. The maximum atomic E-state index is 12.9. The quantitative estimate of drug-likeness (QED) is 0.360. The molecule has 29 heavy (non-hydrogen) atoms. The Hall–Kier alpha value is -3.66. The second kappa shape index (κ2) is 7.76. The second-order valence-corrected chi connectivity index (χ2v) is 7.20. The molecule has 4 N–H and O–H groups in total. The number of rotatable bonds is 6. The number of phenols is 1. The number of aromatic amines is 2. The van der Waals surface area contributed by atoms with E-state index in [4.69, 9.17) is 4.74 Å². The fourth-order valence-corrected chi connectivity index (χ4v) is 3.65. The zero-order chi connectivity index (χ0) is 20.4. The van der Waals surface area contributed by atoms with E-state index < -0.39 is 17.9 Å². The molecule has 0 aliphatic carbocycles. The topological polar surface area (TPSA) is 133 Å². The molecule has 1 amide bonds. The summed E-state index contributed by atoms with van der Waals surface area (Å²) in [5, 5.41) is 14.8. The number of H-pyrrole nitrogens is 2. The van der Waals surface area contributed by atoms with Crippen LogP contribution in [0.4, 0.5) is 0 Å². The van der Waals surface area contributed by atoms with Crippen molar-refractivity contribution in [3.63, 3.8) is 0 Å². The molecule has 0 saturated heterocycles. The number of nitrogens with zero attached hydrogens (tertiary/aromatic N) is 2. The van der Waals surface area contributed by atoms with Crippen molar-refractivity contribution in [2.24, 2.45) is 0 Å². The molecule has 0 unspecified atom stereocenters. The third kappa shape index (κ3) is 3.69. The van der Waals surface area contributed by atoms with Crippen LogP contribution in [-0.2, 0) is 16.0 Å². The minimum atomic E-state index is -0.910. The highest BCUT2D eigenvalue weighted by atomic mass is 32.1. The summed E-state index contributed by atoms with van der Waals surface area (Å²) in [4.78, 5) is 40.3. The highest BCUT2D eigenvalue weighted by Gasteiger charge is 2.25. The van der Waals surface area contributed by atoms with Gasteiger partial charge in [-0.05, 0) is 23.6 Å². The molecule has 0 fully saturated rings. The van der Waals surface area contributed by atoms with Gasteiger partial charge in [0.1, 0.15) is 28.6 Å². The number of imidazole rings is 2. The number of amides is 1. The van der Waals surface area contributed by atoms with Gasteiger partial charge in [-0.3, -0.25) is 4.79 Å². The van der Waals surface area contributed by atoms with Crippen molar-refractivity contribution in [1.82, 2.24) is 25.3 Å². The summed E-state index contributed by atoms with van der Waals surface area (Å²) in [7, 11) is 1.26. The lowest BCUT2D eigenvalue weighted by Gasteiger charge is -2.16. The Bertz CT molecular complexity index is 1150. The van der Waals surface area contributed by atoms with Gasteiger partial charge in [-0.15, -0.1) is 11.3 Å². The number of ether oxygens (including phenoxy) is 1. The monoisotopic (exact) mass is 411 g/mol. The third-order valence-corrected chi connectivity index (χ3v) is 5.27. The van der Waals surface area contributed by atoms with Gasteiger partial charge in [0.25, 0.3) is 5.91 Å². The summed E-state index contributed by atoms with van der Waals surface area (Å²) in [6.07, 6.45) is 3.26. The molecular weight excluding hydrogens is 394 g/mol. The Labute approximate surface area is 168 Å². The van der Waals surface area contributed by atoms with E-state index in [1.165, 1.54) is 36.9 Å². The van der Waals surface area contributed by atoms with Crippen LogP contribution in [0.2, 0.25) is 0 Å². The molecule has 0 spiro atoms. The lowest BCUT2D eigenvalue weighted by atomic mass is 10.1. The van der Waals surface area contributed by atoms with Crippen molar-refractivity contribution >= 4 is 34.2 Å². The van der Waals surface area contributed by atoms with Crippen molar-refractivity contribution in [1.29, 1.82) is 0 Å². The number of fused-ring (bicyclic) bond motifs is 1. The number of thiophene rings is 1. The van der Waals surface area contributed by atoms with E-state index in [9.17, 15) is 14.7 Å². The standard InChI is InChI=1S/C19H17N5O4S/c1-28-19(27)12(7-10-8-20-9-21-10)22-18(26)11-4-5-13(25)16-15(11)23-17(24-16)14-3-2-6-29-14/h2-6,8-9,12,25H,7H2,1H3,(H,20,21)(H,22,26)(H,23,24)/t12-/m0/s1. The van der Waals surface area contributed by atoms with Gasteiger partial charge in [0, 0.05) is 18.3 Å². The van der Waals surface area contributed by atoms with Gasteiger partial charge in [-0.25, -0.2) is 14.8 Å². The maximum absolute atomic E-state index is 12.9. The van der Waals surface area contributed by atoms with E-state index in [-0.39, 0.29) is 17.7 Å². The number of carbonyl (C=O) groups excluding carboxylic acids is 2. The second-order valence-electron chi connectivity index (χ2n) is 6.25. The summed E-state index contributed by atoms with van der Waals surface area (Å²) in [6.45, 7) is 0. The molecule has 9 nitrogen and oxygen atoms in total. The fourth-order valence-electron chi connectivity index (χ4n) is 2.98. The molecule has 1 atom stereocenters. The van der Waals surface area contributed by atoms with E-state index in [1.54, 1.807) is 6.20 Å². The van der Waals surface area contributed by atoms with Crippen molar-refractivity contribution in [3.05, 3.63) is 53.4 Å². The van der Waals surface area contributed by atoms with Gasteiger partial charge in [0.15, 0.2) is 0 Å². The van der Waals surface area contributed by atoms with Crippen LogP contribution in [0.5, 0.6) is 5.75 Å². The molecule has 1 aromatic carbocycles. The lowest BCUT2D eigenvalue weighted by molar-refractivity contribution is -0.142. The zero-order valence-corrected chi connectivity index (χ0v) is 16.1. The normalized spacial score (nSPS) is 12.0. The number of aromatic nitrogens is 4. The molecule has 0 saturated carbocycles. The van der Waals surface area contributed by atoms with Crippen LogP contribution in [0, 0.1) is 0 Å². The van der Waals surface area contributed by atoms with Crippen LogP contribution in [0.15, 0.2) is 42.2 Å². The summed E-state index contributed by atoms with van der Waals surface area (Å²) in [5.74, 6) is -0.556. The average Bonchev–Trinajstić information content (AvgIpc) is 3.47. The summed E-state index contributed by atoms with van der Waals surface area (Å²) in [6, 6.07) is 5.74. The summed E-state index contributed by atoms with van der Waals surface area (Å²) >= 11 is 1.48. The number of phenolic OH excluding ortho intramolecular Hbond substituents is 1. The first-order chi connectivity index (χ1) is 14.1. The molecule has 10 heteroatoms. The zero-order valence-electron chi connectivity index (χ0n) is 15.3. The number of methoxy groups -OCH3 is 1. The number of hydrogen-bond acceptors (Lipinski definition) is 7. The molecule has 0 bridgehead atoms. The van der Waals surface area contributed by atoms with Crippen LogP contribution in [-0.4, -0.2) is 50.1 Å². The number of aromatic hydroxyl groups is 1. The highest BCUT2D eigenvalue weighted by molar-refractivity contribution is 7.13. The SMILES string of the molecule is COC(=O)[C@H](Cc1cnc[nH]1)NC(=O)c1ccc(O)c2[nH]c(-c3cccs3)nc12. The molecule has 4 rings (SSSR count). The maximum Gasteiger partial charge on any atom is 0.328 e. The summed E-state index contributed by atoms with van der Waals surface area (Å²) in [5.41, 5.74) is 1.58. The first-order valence-corrected chi connectivity index (χ1v) is 9.56. The number of hydrogen-bond donors (Lipinski definition) is 4. The smallest absolute Gasteiger partial charge is 0.328 e. The Morgan fingerprint density at radius 1 is 1.34 bits per heavy atom. The average molecular weight is 411 g/mol. The first kappa shape index (κ1) is 18.7. The van der Waals surface area contributed by atoms with Crippen molar-refractivity contribution in [2.75, 3.05) is 7.11 Å². The molecule has 0 radical (unpaired) electrons. The van der Waals surface area contributed by atoms with Crippen LogP contribution in [0.25, 0.3) is 21.7 Å². The predicted octanol–water partition coefficient (Wildman–Crippen LogP) is 2.23. The first-order valence-electron chi connectivity index (χ1n) is 8.68. The molecule has 148 valence electrons. The molecule has 0 aliphatic heterocycles. The number of benzene rings is 1. The minimum absolute atomic E-state index is 0.0196. The molecule has 0 aliphatic rings. The Morgan fingerprint density at radius 3 is 2.90 bits per heavy atom.